The van der Waals surface area contributed by atoms with E-state index in [9.17, 15) is 0 Å². The molecule has 0 fully saturated rings. The predicted molar refractivity (Wildman–Crippen MR) is 271 cm³/mol. The van der Waals surface area contributed by atoms with E-state index in [0.29, 0.717) is 0 Å². The van der Waals surface area contributed by atoms with Crippen LogP contribution in [0.3, 0.4) is 0 Å². The Morgan fingerprint density at radius 3 is 1.59 bits per heavy atom. The highest BCUT2D eigenvalue weighted by Crippen LogP contribution is 2.43. The minimum Gasteiger partial charge on any atom is -0.309 e. The summed E-state index contributed by atoms with van der Waals surface area (Å²) in [6.45, 7) is 0. The van der Waals surface area contributed by atoms with Gasteiger partial charge in [-0.05, 0) is 102 Å². The predicted octanol–water partition coefficient (Wildman–Crippen LogP) is 16.1. The summed E-state index contributed by atoms with van der Waals surface area (Å²) < 4.78 is 9.65. The lowest BCUT2D eigenvalue weighted by Gasteiger charge is -2.11. The highest BCUT2D eigenvalue weighted by atomic mass is 32.1. The monoisotopic (exact) mass is 832 g/mol. The van der Waals surface area contributed by atoms with E-state index >= 15 is 0 Å². The van der Waals surface area contributed by atoms with Gasteiger partial charge in [-0.1, -0.05) is 121 Å². The lowest BCUT2D eigenvalue weighted by molar-refractivity contribution is 1.18. The summed E-state index contributed by atoms with van der Waals surface area (Å²) in [4.78, 5) is 5.05. The topological polar surface area (TPSA) is 27.7 Å². The largest absolute Gasteiger partial charge is 0.309 e. The number of benzene rings is 9. The number of fused-ring (bicyclic) bond motifs is 12. The van der Waals surface area contributed by atoms with Gasteiger partial charge in [0.1, 0.15) is 0 Å². The van der Waals surface area contributed by atoms with E-state index in [1.807, 2.05) is 0 Å². The van der Waals surface area contributed by atoms with E-state index in [1.54, 1.807) is 11.3 Å². The Labute approximate surface area is 371 Å². The van der Waals surface area contributed by atoms with E-state index in [1.165, 1.54) is 96.7 Å². The van der Waals surface area contributed by atoms with Gasteiger partial charge in [0, 0.05) is 76.6 Å². The first-order valence-electron chi connectivity index (χ1n) is 21.8. The molecular formula is C59H36N4S. The van der Waals surface area contributed by atoms with Crippen LogP contribution in [-0.2, 0) is 0 Å². The number of para-hydroxylation sites is 5. The van der Waals surface area contributed by atoms with Gasteiger partial charge < -0.3 is 13.7 Å². The van der Waals surface area contributed by atoms with Gasteiger partial charge in [-0.15, -0.1) is 11.3 Å². The lowest BCUT2D eigenvalue weighted by atomic mass is 9.98. The molecule has 0 N–H and O–H groups in total. The molecular weight excluding hydrogens is 797 g/mol. The van der Waals surface area contributed by atoms with E-state index in [0.717, 1.165) is 28.3 Å². The molecule has 0 aliphatic heterocycles. The number of thiophene rings is 1. The van der Waals surface area contributed by atoms with Gasteiger partial charge in [0.15, 0.2) is 0 Å². The molecule has 0 saturated heterocycles. The average molecular weight is 833 g/mol. The van der Waals surface area contributed by atoms with Crippen molar-refractivity contribution >= 4 is 96.9 Å². The van der Waals surface area contributed by atoms with E-state index < -0.39 is 0 Å². The fourth-order valence-electron chi connectivity index (χ4n) is 10.5. The molecule has 0 atom stereocenters. The Bertz CT molecular complexity index is 4150. The molecule has 0 saturated carbocycles. The molecule has 0 amide bonds. The van der Waals surface area contributed by atoms with Crippen molar-refractivity contribution in [3.63, 3.8) is 0 Å². The summed E-state index contributed by atoms with van der Waals surface area (Å²) >= 11 is 1.81. The number of pyridine rings is 1. The molecule has 14 rings (SSSR count). The number of aromatic nitrogens is 4. The zero-order valence-electron chi connectivity index (χ0n) is 34.5. The van der Waals surface area contributed by atoms with Crippen molar-refractivity contribution < 1.29 is 0 Å². The molecule has 14 aromatic rings. The van der Waals surface area contributed by atoms with Crippen LogP contribution < -0.4 is 0 Å². The minimum atomic E-state index is 0.964. The molecule has 0 aliphatic carbocycles. The molecule has 5 heteroatoms. The summed E-state index contributed by atoms with van der Waals surface area (Å²) in [5.74, 6) is 0. The molecule has 5 heterocycles. The summed E-state index contributed by atoms with van der Waals surface area (Å²) in [6.07, 6.45) is 2.06. The zero-order chi connectivity index (χ0) is 41.9. The van der Waals surface area contributed by atoms with Crippen LogP contribution in [0.4, 0.5) is 0 Å². The number of rotatable bonds is 5. The summed E-state index contributed by atoms with van der Waals surface area (Å²) in [6, 6.07) is 77.5. The number of nitrogens with zero attached hydrogens (tertiary/aromatic N) is 4. The second-order valence-corrected chi connectivity index (χ2v) is 17.8. The smallest absolute Gasteiger partial charge is 0.0710 e. The third-order valence-electron chi connectivity index (χ3n) is 13.3. The fourth-order valence-corrected chi connectivity index (χ4v) is 11.5. The van der Waals surface area contributed by atoms with Gasteiger partial charge >= 0.3 is 0 Å². The van der Waals surface area contributed by atoms with Gasteiger partial charge in [-0.25, -0.2) is 0 Å². The van der Waals surface area contributed by atoms with Crippen molar-refractivity contribution in [1.82, 2.24) is 18.7 Å². The normalized spacial score (nSPS) is 12.1. The van der Waals surface area contributed by atoms with Crippen LogP contribution in [0.25, 0.3) is 125 Å². The van der Waals surface area contributed by atoms with Gasteiger partial charge in [0.2, 0.25) is 0 Å². The lowest BCUT2D eigenvalue weighted by Crippen LogP contribution is -1.94. The van der Waals surface area contributed by atoms with Crippen LogP contribution in [0.1, 0.15) is 0 Å². The standard InChI is InChI=1S/C59H36N4S/c1-2-15-39(16-3-1)61-54-26-11-7-21-46(54)59-42(22-13-27-56(59)61)37-28-30-55-47(33-37)45-20-6-10-25-53(45)63(55)41-29-31-57-48(34-41)49-35-50(60-36-58(49)64-57)38-14-12-17-40(32-38)62-51-23-8-4-18-43(51)44-19-5-9-24-52(44)62/h1-36H. The van der Waals surface area contributed by atoms with Crippen molar-refractivity contribution in [1.29, 1.82) is 0 Å². The number of hydrogen-bond donors (Lipinski definition) is 0. The zero-order valence-corrected chi connectivity index (χ0v) is 35.3. The molecule has 298 valence electrons. The van der Waals surface area contributed by atoms with Gasteiger partial charge in [0.05, 0.1) is 43.5 Å². The second-order valence-electron chi connectivity index (χ2n) is 16.7. The van der Waals surface area contributed by atoms with Crippen LogP contribution in [0.15, 0.2) is 219 Å². The van der Waals surface area contributed by atoms with Crippen LogP contribution in [0.5, 0.6) is 0 Å². The first-order chi connectivity index (χ1) is 31.7. The Balaban J connectivity index is 0.907. The molecule has 9 aromatic carbocycles. The number of hydrogen-bond acceptors (Lipinski definition) is 2. The van der Waals surface area contributed by atoms with Gasteiger partial charge in [0.25, 0.3) is 0 Å². The van der Waals surface area contributed by atoms with E-state index in [2.05, 4.69) is 232 Å². The van der Waals surface area contributed by atoms with Crippen molar-refractivity contribution in [2.24, 2.45) is 0 Å². The quantitative estimate of drug-likeness (QED) is 0.170. The van der Waals surface area contributed by atoms with Gasteiger partial charge in [-0.3, -0.25) is 4.98 Å². The average Bonchev–Trinajstić information content (AvgIpc) is 4.10. The first kappa shape index (κ1) is 35.4. The van der Waals surface area contributed by atoms with Crippen LogP contribution in [0, 0.1) is 0 Å². The maximum Gasteiger partial charge on any atom is 0.0710 e. The second kappa shape index (κ2) is 13.6. The Morgan fingerprint density at radius 1 is 0.312 bits per heavy atom. The van der Waals surface area contributed by atoms with Crippen molar-refractivity contribution in [3.8, 4) is 39.4 Å². The third kappa shape index (κ3) is 5.13. The Morgan fingerprint density at radius 2 is 0.859 bits per heavy atom. The highest BCUT2D eigenvalue weighted by Gasteiger charge is 2.20. The molecule has 64 heavy (non-hydrogen) atoms. The molecule has 0 unspecified atom stereocenters. The Kier molecular flexibility index (Phi) is 7.53. The SMILES string of the molecule is c1ccc(-n2c3ccccc3c3c(-c4ccc5c(c4)c4ccccc4n5-c4ccc5sc6cnc(-c7cccc(-n8c9ccccc9c9ccccc98)c7)cc6c5c4)cccc32)cc1. The Hall–Kier alpha value is -8.25. The maximum absolute atomic E-state index is 5.05. The van der Waals surface area contributed by atoms with Crippen LogP contribution in [0.2, 0.25) is 0 Å². The van der Waals surface area contributed by atoms with E-state index in [4.69, 9.17) is 4.98 Å². The fraction of sp³-hybridized carbons (Fsp3) is 0. The minimum absolute atomic E-state index is 0.964. The highest BCUT2D eigenvalue weighted by molar-refractivity contribution is 7.25. The summed E-state index contributed by atoms with van der Waals surface area (Å²) in [5.41, 5.74) is 15.1. The van der Waals surface area contributed by atoms with E-state index in [-0.39, 0.29) is 0 Å². The molecule has 4 nitrogen and oxygen atoms in total. The molecule has 0 spiro atoms. The maximum atomic E-state index is 5.05. The molecule has 0 aliphatic rings. The van der Waals surface area contributed by atoms with Crippen LogP contribution in [-0.4, -0.2) is 18.7 Å². The van der Waals surface area contributed by atoms with Crippen LogP contribution >= 0.6 is 11.3 Å². The molecule has 5 aromatic heterocycles. The van der Waals surface area contributed by atoms with Crippen molar-refractivity contribution in [3.05, 3.63) is 219 Å². The molecule has 0 radical (unpaired) electrons. The summed E-state index contributed by atoms with van der Waals surface area (Å²) in [7, 11) is 0. The third-order valence-corrected chi connectivity index (χ3v) is 14.4. The first-order valence-corrected chi connectivity index (χ1v) is 22.6. The van der Waals surface area contributed by atoms with Crippen molar-refractivity contribution in [2.45, 2.75) is 0 Å². The summed E-state index contributed by atoms with van der Waals surface area (Å²) in [5, 5.41) is 9.98. The van der Waals surface area contributed by atoms with Crippen molar-refractivity contribution in [2.75, 3.05) is 0 Å². The van der Waals surface area contributed by atoms with Gasteiger partial charge in [-0.2, -0.15) is 0 Å². The molecule has 0 bridgehead atoms.